The van der Waals surface area contributed by atoms with Crippen molar-refractivity contribution in [2.75, 3.05) is 6.61 Å². The van der Waals surface area contributed by atoms with Crippen molar-refractivity contribution in [3.63, 3.8) is 0 Å². The predicted octanol–water partition coefficient (Wildman–Crippen LogP) is 6.13. The van der Waals surface area contributed by atoms with Gasteiger partial charge in [-0.15, -0.1) is 0 Å². The quantitative estimate of drug-likeness (QED) is 0.175. The summed E-state index contributed by atoms with van der Waals surface area (Å²) in [6.45, 7) is 1.59. The maximum Gasteiger partial charge on any atom is 0.187 e. The fourth-order valence-electron chi connectivity index (χ4n) is 4.91. The Morgan fingerprint density at radius 1 is 0.537 bits per heavy atom. The molecule has 0 amide bonds. The molecule has 0 aromatic heterocycles. The van der Waals surface area contributed by atoms with Crippen LogP contribution in [-0.2, 0) is 54.9 Å². The van der Waals surface area contributed by atoms with E-state index in [1.54, 1.807) is 0 Å². The number of carbonyl (C=O) groups excluding carboxylic acids is 1. The van der Waals surface area contributed by atoms with Gasteiger partial charge in [-0.1, -0.05) is 121 Å². The van der Waals surface area contributed by atoms with Crippen molar-refractivity contribution < 1.29 is 28.5 Å². The molecular weight excluding hydrogens is 516 g/mol. The van der Waals surface area contributed by atoms with Crippen molar-refractivity contribution in [2.24, 2.45) is 5.92 Å². The lowest BCUT2D eigenvalue weighted by molar-refractivity contribution is -0.308. The van der Waals surface area contributed by atoms with Crippen molar-refractivity contribution in [3.8, 4) is 0 Å². The van der Waals surface area contributed by atoms with Crippen molar-refractivity contribution in [2.45, 2.75) is 51.0 Å². The van der Waals surface area contributed by atoms with Crippen molar-refractivity contribution in [1.82, 2.24) is 0 Å². The van der Waals surface area contributed by atoms with Crippen LogP contribution < -0.4 is 0 Å². The van der Waals surface area contributed by atoms with Gasteiger partial charge < -0.3 is 28.5 Å². The molecule has 4 aromatic carbocycles. The van der Waals surface area contributed by atoms with Gasteiger partial charge in [-0.3, -0.25) is 0 Å². The van der Waals surface area contributed by atoms with Gasteiger partial charge in [-0.25, -0.2) is 0 Å². The summed E-state index contributed by atoms with van der Waals surface area (Å²) in [5.74, 6) is -0.619. The highest BCUT2D eigenvalue weighted by Crippen LogP contribution is 2.32. The molecule has 1 fully saturated rings. The molecule has 0 saturated carbocycles. The van der Waals surface area contributed by atoms with E-state index in [0.717, 1.165) is 28.5 Å². The Balaban J connectivity index is 1.37. The van der Waals surface area contributed by atoms with Crippen LogP contribution in [0.1, 0.15) is 22.3 Å². The third-order valence-electron chi connectivity index (χ3n) is 7.09. The Bertz CT molecular complexity index is 1290. The van der Waals surface area contributed by atoms with Gasteiger partial charge in [-0.05, 0) is 22.3 Å². The standard InChI is InChI=1S/C35H36O6/c36-21-31-32(26-37-22-27-13-5-1-6-14-27)41-35(40-25-30-19-11-4-12-20-30)34(39-24-29-17-9-3-10-18-29)33(31)38-23-28-15-7-2-8-16-28/h1-21,31-35H,22-26H2/t31-,32+,33-,34+,35-/m0/s1. The minimum Gasteiger partial charge on any atom is -0.374 e. The lowest BCUT2D eigenvalue weighted by atomic mass is 9.89. The average molecular weight is 553 g/mol. The molecule has 0 N–H and O–H groups in total. The van der Waals surface area contributed by atoms with Gasteiger partial charge in [0, 0.05) is 0 Å². The topological polar surface area (TPSA) is 63.2 Å². The Hall–Kier alpha value is -3.65. The van der Waals surface area contributed by atoms with Crippen LogP contribution in [0.4, 0.5) is 0 Å². The number of aldehydes is 1. The first kappa shape index (κ1) is 28.9. The second kappa shape index (κ2) is 15.4. The van der Waals surface area contributed by atoms with Gasteiger partial charge in [0.15, 0.2) is 6.29 Å². The van der Waals surface area contributed by atoms with E-state index in [9.17, 15) is 4.79 Å². The average Bonchev–Trinajstić information content (AvgIpc) is 3.04. The first-order valence-corrected chi connectivity index (χ1v) is 14.0. The van der Waals surface area contributed by atoms with Crippen molar-refractivity contribution >= 4 is 6.29 Å². The zero-order valence-corrected chi connectivity index (χ0v) is 23.0. The fourth-order valence-corrected chi connectivity index (χ4v) is 4.91. The molecule has 0 bridgehead atoms. The summed E-state index contributed by atoms with van der Waals surface area (Å²) in [4.78, 5) is 12.6. The second-order valence-electron chi connectivity index (χ2n) is 10.1. The van der Waals surface area contributed by atoms with Crippen LogP contribution in [-0.4, -0.2) is 37.5 Å². The Morgan fingerprint density at radius 3 is 1.41 bits per heavy atom. The highest BCUT2D eigenvalue weighted by atomic mass is 16.7. The van der Waals surface area contributed by atoms with Crippen LogP contribution in [0.15, 0.2) is 121 Å². The number of hydrogen-bond acceptors (Lipinski definition) is 6. The molecular formula is C35H36O6. The molecule has 1 heterocycles. The van der Waals surface area contributed by atoms with E-state index in [1.807, 2.05) is 121 Å². The molecule has 0 radical (unpaired) electrons. The summed E-state index contributed by atoms with van der Waals surface area (Å²) >= 11 is 0. The smallest absolute Gasteiger partial charge is 0.187 e. The zero-order chi connectivity index (χ0) is 28.1. The van der Waals surface area contributed by atoms with Crippen LogP contribution >= 0.6 is 0 Å². The van der Waals surface area contributed by atoms with E-state index in [4.69, 9.17) is 23.7 Å². The van der Waals surface area contributed by atoms with Gasteiger partial charge in [0.2, 0.25) is 0 Å². The maximum absolute atomic E-state index is 12.6. The van der Waals surface area contributed by atoms with Gasteiger partial charge >= 0.3 is 0 Å². The Kier molecular flexibility index (Phi) is 10.8. The van der Waals surface area contributed by atoms with E-state index < -0.39 is 30.5 Å². The number of carbonyl (C=O) groups is 1. The molecule has 41 heavy (non-hydrogen) atoms. The first-order valence-electron chi connectivity index (χ1n) is 14.0. The number of ether oxygens (including phenoxy) is 5. The summed E-state index contributed by atoms with van der Waals surface area (Å²) in [5, 5.41) is 0. The molecule has 0 spiro atoms. The summed E-state index contributed by atoms with van der Waals surface area (Å²) in [5.41, 5.74) is 4.06. The van der Waals surface area contributed by atoms with Crippen molar-refractivity contribution in [1.29, 1.82) is 0 Å². The van der Waals surface area contributed by atoms with Gasteiger partial charge in [0.25, 0.3) is 0 Å². The van der Waals surface area contributed by atoms with Crippen LogP contribution in [0.3, 0.4) is 0 Å². The molecule has 0 aliphatic carbocycles. The fraction of sp³-hybridized carbons (Fsp3) is 0.286. The zero-order valence-electron chi connectivity index (χ0n) is 23.0. The summed E-state index contributed by atoms with van der Waals surface area (Å²) < 4.78 is 31.8. The summed E-state index contributed by atoms with van der Waals surface area (Å²) in [6.07, 6.45) is -1.71. The molecule has 0 unspecified atom stereocenters. The summed E-state index contributed by atoms with van der Waals surface area (Å²) in [6, 6.07) is 39.6. The third kappa shape index (κ3) is 8.43. The Morgan fingerprint density at radius 2 is 0.951 bits per heavy atom. The molecule has 1 saturated heterocycles. The number of hydrogen-bond donors (Lipinski definition) is 0. The lowest BCUT2D eigenvalue weighted by Crippen LogP contribution is -2.58. The number of rotatable bonds is 14. The largest absolute Gasteiger partial charge is 0.374 e. The second-order valence-corrected chi connectivity index (χ2v) is 10.1. The van der Waals surface area contributed by atoms with Gasteiger partial charge in [0.1, 0.15) is 18.5 Å². The van der Waals surface area contributed by atoms with E-state index in [2.05, 4.69) is 0 Å². The molecule has 6 nitrogen and oxygen atoms in total. The van der Waals surface area contributed by atoms with E-state index in [1.165, 1.54) is 0 Å². The first-order chi connectivity index (χ1) is 20.3. The molecule has 1 aliphatic heterocycles. The van der Waals surface area contributed by atoms with Crippen LogP contribution in [0.5, 0.6) is 0 Å². The van der Waals surface area contributed by atoms with Crippen LogP contribution in [0.2, 0.25) is 0 Å². The Labute approximate surface area is 241 Å². The highest BCUT2D eigenvalue weighted by molar-refractivity contribution is 5.56. The van der Waals surface area contributed by atoms with Crippen LogP contribution in [0.25, 0.3) is 0 Å². The normalized spacial score (nSPS) is 22.3. The molecule has 1 aliphatic rings. The molecule has 6 heteroatoms. The molecule has 212 valence electrons. The highest BCUT2D eigenvalue weighted by Gasteiger charge is 2.48. The molecule has 4 aromatic rings. The summed E-state index contributed by atoms with van der Waals surface area (Å²) in [7, 11) is 0. The predicted molar refractivity (Wildman–Crippen MR) is 156 cm³/mol. The van der Waals surface area contributed by atoms with E-state index in [0.29, 0.717) is 26.4 Å². The van der Waals surface area contributed by atoms with E-state index >= 15 is 0 Å². The minimum atomic E-state index is -0.777. The van der Waals surface area contributed by atoms with Gasteiger partial charge in [0.05, 0.1) is 45.1 Å². The van der Waals surface area contributed by atoms with Crippen LogP contribution in [0, 0.1) is 5.92 Å². The lowest BCUT2D eigenvalue weighted by Gasteiger charge is -2.44. The monoisotopic (exact) mass is 552 g/mol. The van der Waals surface area contributed by atoms with E-state index in [-0.39, 0.29) is 6.61 Å². The maximum atomic E-state index is 12.6. The number of benzene rings is 4. The minimum absolute atomic E-state index is 0.208. The third-order valence-corrected chi connectivity index (χ3v) is 7.09. The SMILES string of the molecule is O=C[C@@H]1[C@H](OCc2ccccc2)[C@@H](OCc2ccccc2)[C@@H](OCc2ccccc2)O[C@@H]1COCc1ccccc1. The van der Waals surface area contributed by atoms with Gasteiger partial charge in [-0.2, -0.15) is 0 Å². The van der Waals surface area contributed by atoms with Crippen molar-refractivity contribution in [3.05, 3.63) is 144 Å². The molecule has 5 atom stereocenters. The molecule has 5 rings (SSSR count).